The van der Waals surface area contributed by atoms with Gasteiger partial charge >= 0.3 is 0 Å². The Morgan fingerprint density at radius 3 is 2.46 bits per heavy atom. The number of guanidine groups is 1. The number of halogens is 1. The van der Waals surface area contributed by atoms with E-state index in [1.165, 1.54) is 16.7 Å². The molecule has 1 heterocycles. The highest BCUT2D eigenvalue weighted by Crippen LogP contribution is 2.14. The molecule has 0 saturated heterocycles. The summed E-state index contributed by atoms with van der Waals surface area (Å²) in [5.74, 6) is 1.22. The van der Waals surface area contributed by atoms with Crippen molar-refractivity contribution >= 4 is 29.9 Å². The van der Waals surface area contributed by atoms with Gasteiger partial charge < -0.3 is 10.6 Å². The smallest absolute Gasteiger partial charge is 0.191 e. The summed E-state index contributed by atoms with van der Waals surface area (Å²) >= 11 is 0. The monoisotopic (exact) mass is 438 g/mol. The highest BCUT2D eigenvalue weighted by molar-refractivity contribution is 14.0. The second-order valence-corrected chi connectivity index (χ2v) is 5.89. The molecule has 2 aromatic rings. The van der Waals surface area contributed by atoms with Gasteiger partial charge in [0.25, 0.3) is 0 Å². The van der Waals surface area contributed by atoms with Crippen LogP contribution in [0.5, 0.6) is 0 Å². The summed E-state index contributed by atoms with van der Waals surface area (Å²) in [6, 6.07) is 12.7. The van der Waals surface area contributed by atoms with E-state index < -0.39 is 0 Å². The van der Waals surface area contributed by atoms with Crippen molar-refractivity contribution in [3.8, 4) is 0 Å². The Hall–Kier alpha value is -1.63. The Morgan fingerprint density at radius 1 is 1.12 bits per heavy atom. The van der Waals surface area contributed by atoms with E-state index in [1.54, 1.807) is 7.05 Å². The van der Waals surface area contributed by atoms with Gasteiger partial charge in [0.15, 0.2) is 5.96 Å². The zero-order chi connectivity index (χ0) is 16.7. The Balaban J connectivity index is 0.00000288. The first-order valence-corrected chi connectivity index (χ1v) is 8.01. The lowest BCUT2D eigenvalue weighted by molar-refractivity contribution is 0.696. The van der Waals surface area contributed by atoms with Crippen LogP contribution in [0.25, 0.3) is 0 Å². The van der Waals surface area contributed by atoms with Crippen LogP contribution < -0.4 is 10.6 Å². The van der Waals surface area contributed by atoms with Gasteiger partial charge in [-0.25, -0.2) is 0 Å². The molecule has 1 aromatic carbocycles. The van der Waals surface area contributed by atoms with Gasteiger partial charge in [-0.1, -0.05) is 42.8 Å². The minimum atomic E-state index is 0. The van der Waals surface area contributed by atoms with Crippen molar-refractivity contribution in [1.82, 2.24) is 15.6 Å². The molecule has 5 heteroatoms. The number of nitrogens with zero attached hydrogens (tertiary/aromatic N) is 2. The van der Waals surface area contributed by atoms with Crippen LogP contribution in [-0.2, 0) is 6.54 Å². The molecule has 1 atom stereocenters. The number of rotatable bonds is 5. The van der Waals surface area contributed by atoms with Crippen molar-refractivity contribution in [3.63, 3.8) is 0 Å². The van der Waals surface area contributed by atoms with Gasteiger partial charge in [0.2, 0.25) is 0 Å². The largest absolute Gasteiger partial charge is 0.356 e. The van der Waals surface area contributed by atoms with Crippen LogP contribution in [0.3, 0.4) is 0 Å². The quantitative estimate of drug-likeness (QED) is 0.425. The maximum Gasteiger partial charge on any atom is 0.191 e. The normalized spacial score (nSPS) is 12.2. The molecule has 1 aromatic heterocycles. The van der Waals surface area contributed by atoms with Crippen molar-refractivity contribution in [2.75, 3.05) is 13.6 Å². The van der Waals surface area contributed by atoms with Crippen molar-refractivity contribution in [2.45, 2.75) is 33.2 Å². The summed E-state index contributed by atoms with van der Waals surface area (Å²) in [4.78, 5) is 8.67. The van der Waals surface area contributed by atoms with Gasteiger partial charge in [0, 0.05) is 19.8 Å². The molecule has 0 aliphatic heterocycles. The number of benzene rings is 1. The summed E-state index contributed by atoms with van der Waals surface area (Å²) in [6.45, 7) is 7.90. The summed E-state index contributed by atoms with van der Waals surface area (Å²) < 4.78 is 0. The fourth-order valence-corrected chi connectivity index (χ4v) is 2.35. The lowest BCUT2D eigenvalue weighted by atomic mass is 10.0. The first kappa shape index (κ1) is 20.4. The molecular weight excluding hydrogens is 411 g/mol. The van der Waals surface area contributed by atoms with E-state index in [0.717, 1.165) is 18.2 Å². The minimum Gasteiger partial charge on any atom is -0.356 e. The van der Waals surface area contributed by atoms with Crippen LogP contribution in [0, 0.1) is 13.8 Å². The standard InChI is InChI=1S/C19H26N4.HI/c1-14-7-9-17(10-8-14)16(3)12-22-19(20-4)23-13-18-15(2)6-5-11-21-18;/h5-11,16H,12-13H2,1-4H3,(H2,20,22,23);1H. The number of pyridine rings is 1. The molecule has 0 amide bonds. The molecule has 2 N–H and O–H groups in total. The van der Waals surface area contributed by atoms with E-state index in [-0.39, 0.29) is 24.0 Å². The number of aryl methyl sites for hydroxylation is 2. The lowest BCUT2D eigenvalue weighted by Crippen LogP contribution is -2.38. The molecule has 0 aliphatic carbocycles. The summed E-state index contributed by atoms with van der Waals surface area (Å²) in [5, 5.41) is 6.70. The topological polar surface area (TPSA) is 49.3 Å². The molecule has 130 valence electrons. The second-order valence-electron chi connectivity index (χ2n) is 5.89. The van der Waals surface area contributed by atoms with Crippen molar-refractivity contribution < 1.29 is 0 Å². The Labute approximate surface area is 162 Å². The first-order chi connectivity index (χ1) is 11.1. The summed E-state index contributed by atoms with van der Waals surface area (Å²) in [7, 11) is 1.79. The van der Waals surface area contributed by atoms with Crippen molar-refractivity contribution in [1.29, 1.82) is 0 Å². The Morgan fingerprint density at radius 2 is 1.83 bits per heavy atom. The third-order valence-electron chi connectivity index (χ3n) is 3.99. The van der Waals surface area contributed by atoms with Crippen molar-refractivity contribution in [3.05, 3.63) is 65.0 Å². The highest BCUT2D eigenvalue weighted by atomic mass is 127. The molecule has 2 rings (SSSR count). The first-order valence-electron chi connectivity index (χ1n) is 8.01. The molecule has 1 unspecified atom stereocenters. The second kappa shape index (κ2) is 10.3. The number of hydrogen-bond donors (Lipinski definition) is 2. The molecular formula is C19H27IN4. The van der Waals surface area contributed by atoms with E-state index in [9.17, 15) is 0 Å². The molecule has 0 radical (unpaired) electrons. The van der Waals surface area contributed by atoms with Crippen LogP contribution in [-0.4, -0.2) is 24.5 Å². The SMILES string of the molecule is CN=C(NCc1ncccc1C)NCC(C)c1ccc(C)cc1.I. The fraction of sp³-hybridized carbons (Fsp3) is 0.368. The minimum absolute atomic E-state index is 0. The van der Waals surface area contributed by atoms with Gasteiger partial charge in [-0.2, -0.15) is 0 Å². The molecule has 24 heavy (non-hydrogen) atoms. The number of nitrogens with one attached hydrogen (secondary N) is 2. The number of aliphatic imine (C=N–C) groups is 1. The van der Waals surface area contributed by atoms with Gasteiger partial charge in [0.05, 0.1) is 12.2 Å². The van der Waals surface area contributed by atoms with Gasteiger partial charge in [-0.05, 0) is 37.0 Å². The predicted octanol–water partition coefficient (Wildman–Crippen LogP) is 3.79. The number of aromatic nitrogens is 1. The van der Waals surface area contributed by atoms with E-state index in [0.29, 0.717) is 12.5 Å². The Bertz CT molecular complexity index is 653. The average Bonchev–Trinajstić information content (AvgIpc) is 2.57. The summed E-state index contributed by atoms with van der Waals surface area (Å²) in [5.41, 5.74) is 4.85. The molecule has 4 nitrogen and oxygen atoms in total. The molecule has 0 fully saturated rings. The van der Waals surface area contributed by atoms with E-state index in [2.05, 4.69) is 71.7 Å². The van der Waals surface area contributed by atoms with Crippen LogP contribution in [0.1, 0.15) is 35.2 Å². The van der Waals surface area contributed by atoms with E-state index in [1.807, 2.05) is 12.3 Å². The molecule has 0 bridgehead atoms. The molecule has 0 saturated carbocycles. The van der Waals surface area contributed by atoms with Gasteiger partial charge in [-0.3, -0.25) is 9.98 Å². The predicted molar refractivity (Wildman–Crippen MR) is 112 cm³/mol. The maximum absolute atomic E-state index is 4.39. The molecule has 0 spiro atoms. The highest BCUT2D eigenvalue weighted by Gasteiger charge is 2.07. The maximum atomic E-state index is 4.39. The van der Waals surface area contributed by atoms with Crippen LogP contribution >= 0.6 is 24.0 Å². The van der Waals surface area contributed by atoms with Crippen molar-refractivity contribution in [2.24, 2.45) is 4.99 Å². The van der Waals surface area contributed by atoms with Crippen LogP contribution in [0.15, 0.2) is 47.6 Å². The zero-order valence-electron chi connectivity index (χ0n) is 14.8. The van der Waals surface area contributed by atoms with Crippen LogP contribution in [0.4, 0.5) is 0 Å². The zero-order valence-corrected chi connectivity index (χ0v) is 17.2. The van der Waals surface area contributed by atoms with E-state index in [4.69, 9.17) is 0 Å². The average molecular weight is 438 g/mol. The molecule has 0 aliphatic rings. The summed E-state index contributed by atoms with van der Waals surface area (Å²) in [6.07, 6.45) is 1.82. The van der Waals surface area contributed by atoms with Gasteiger partial charge in [0.1, 0.15) is 0 Å². The van der Waals surface area contributed by atoms with Gasteiger partial charge in [-0.15, -0.1) is 24.0 Å². The lowest BCUT2D eigenvalue weighted by Gasteiger charge is -2.17. The third-order valence-corrected chi connectivity index (χ3v) is 3.99. The Kier molecular flexibility index (Phi) is 8.74. The fourth-order valence-electron chi connectivity index (χ4n) is 2.35. The number of hydrogen-bond acceptors (Lipinski definition) is 2. The third kappa shape index (κ3) is 6.11. The van der Waals surface area contributed by atoms with Crippen LogP contribution in [0.2, 0.25) is 0 Å². The van der Waals surface area contributed by atoms with E-state index >= 15 is 0 Å².